The minimum Gasteiger partial charge on any atom is -0.146 e. The molecule has 0 radical (unpaired) electrons. The van der Waals surface area contributed by atoms with E-state index in [1.807, 2.05) is 5.57 Å². The second-order valence-corrected chi connectivity index (χ2v) is 18.6. The van der Waals surface area contributed by atoms with Crippen molar-refractivity contribution in [1.82, 2.24) is 0 Å². The van der Waals surface area contributed by atoms with Gasteiger partial charge in [-0.1, -0.05) is 66.5 Å². The van der Waals surface area contributed by atoms with Gasteiger partial charge in [-0.15, -0.1) is 23.5 Å². The molecule has 1 saturated heterocycles. The molecule has 6 aliphatic rings. The van der Waals surface area contributed by atoms with E-state index in [1.54, 1.807) is 0 Å². The van der Waals surface area contributed by atoms with E-state index in [0.717, 1.165) is 22.3 Å². The number of hydrogen-bond acceptors (Lipinski definition) is 2. The molecule has 0 amide bonds. The second-order valence-electron chi connectivity index (χ2n) is 15.9. The Morgan fingerprint density at radius 1 is 0.765 bits per heavy atom. The highest BCUT2D eigenvalue weighted by Gasteiger charge is 2.68. The quantitative estimate of drug-likeness (QED) is 0.328. The summed E-state index contributed by atoms with van der Waals surface area (Å²) in [6.07, 6.45) is 19.0. The van der Waals surface area contributed by atoms with Gasteiger partial charge in [0, 0.05) is 11.5 Å². The minimum absolute atomic E-state index is 0.418. The van der Waals surface area contributed by atoms with Gasteiger partial charge in [0.15, 0.2) is 0 Å². The highest BCUT2D eigenvalue weighted by Crippen LogP contribution is 2.77. The summed E-state index contributed by atoms with van der Waals surface area (Å²) in [5.41, 5.74) is 5.03. The SMILES string of the molecule is CC1(C)CC[C@]2(C3SCCS3)CC[C@]3(C)C(=CC[C@@H]4[C@@]5(C)CCCC(C)(C)C5CC[C@]43C)[C@H]2C1. The van der Waals surface area contributed by atoms with E-state index < -0.39 is 0 Å². The maximum absolute atomic E-state index is 2.91. The molecule has 0 N–H and O–H groups in total. The zero-order valence-corrected chi connectivity index (χ0v) is 25.0. The van der Waals surface area contributed by atoms with E-state index in [0.29, 0.717) is 32.5 Å². The number of fused-ring (bicyclic) bond motifs is 7. The summed E-state index contributed by atoms with van der Waals surface area (Å²) in [4.78, 5) is 0. The third kappa shape index (κ3) is 3.18. The number of thioether (sulfide) groups is 2. The zero-order valence-electron chi connectivity index (χ0n) is 23.4. The summed E-state index contributed by atoms with van der Waals surface area (Å²) >= 11 is 4.67. The Morgan fingerprint density at radius 2 is 1.47 bits per heavy atom. The summed E-state index contributed by atoms with van der Waals surface area (Å²) in [6, 6.07) is 0. The Hall–Kier alpha value is 0.440. The van der Waals surface area contributed by atoms with Gasteiger partial charge >= 0.3 is 0 Å². The van der Waals surface area contributed by atoms with Gasteiger partial charge in [0.2, 0.25) is 0 Å². The maximum atomic E-state index is 2.91. The van der Waals surface area contributed by atoms with Crippen LogP contribution >= 0.6 is 23.5 Å². The zero-order chi connectivity index (χ0) is 24.2. The van der Waals surface area contributed by atoms with Gasteiger partial charge in [-0.2, -0.15) is 0 Å². The van der Waals surface area contributed by atoms with Gasteiger partial charge in [0.1, 0.15) is 0 Å². The standard InChI is InChI=1S/C32H52S2/c1-27(2)15-17-32(26-33-19-20-34-26)18-16-30(6)22(23(32)21-27)9-10-25-29(5)13-8-12-28(3,4)24(29)11-14-31(25,30)7/h9,23-26H,8,10-21H2,1-7H3/t23-,24?,25-,29+,30-,31-,32+/m1/s1. The van der Waals surface area contributed by atoms with Crippen molar-refractivity contribution in [3.05, 3.63) is 11.6 Å². The number of allylic oxidation sites excluding steroid dienone is 2. The van der Waals surface area contributed by atoms with Crippen molar-refractivity contribution in [3.63, 3.8) is 0 Å². The average Bonchev–Trinajstić information content (AvgIpc) is 3.29. The van der Waals surface area contributed by atoms with Crippen LogP contribution < -0.4 is 0 Å². The highest BCUT2D eigenvalue weighted by molar-refractivity contribution is 8.20. The van der Waals surface area contributed by atoms with Crippen LogP contribution in [0.4, 0.5) is 0 Å². The van der Waals surface area contributed by atoms with E-state index in [9.17, 15) is 0 Å². The first-order chi connectivity index (χ1) is 15.9. The summed E-state index contributed by atoms with van der Waals surface area (Å²) in [5.74, 6) is 5.42. The van der Waals surface area contributed by atoms with Crippen LogP contribution in [0.2, 0.25) is 0 Å². The predicted molar refractivity (Wildman–Crippen MR) is 152 cm³/mol. The van der Waals surface area contributed by atoms with Crippen LogP contribution in [0.25, 0.3) is 0 Å². The Morgan fingerprint density at radius 3 is 2.21 bits per heavy atom. The second kappa shape index (κ2) is 7.74. The molecule has 1 heterocycles. The lowest BCUT2D eigenvalue weighted by Crippen LogP contribution is -2.63. The first kappa shape index (κ1) is 24.8. The number of hydrogen-bond donors (Lipinski definition) is 0. The molecule has 1 aliphatic heterocycles. The molecule has 5 aliphatic carbocycles. The Balaban J connectivity index is 1.43. The molecule has 2 heteroatoms. The minimum atomic E-state index is 0.418. The van der Waals surface area contributed by atoms with Crippen LogP contribution in [0.1, 0.15) is 119 Å². The smallest absolute Gasteiger partial charge is 0.0564 e. The fourth-order valence-electron chi connectivity index (χ4n) is 11.5. The molecule has 1 unspecified atom stereocenters. The van der Waals surface area contributed by atoms with Gasteiger partial charge in [-0.3, -0.25) is 0 Å². The summed E-state index contributed by atoms with van der Waals surface area (Å²) in [5, 5.41) is 0. The van der Waals surface area contributed by atoms with Crippen molar-refractivity contribution in [2.45, 2.75) is 124 Å². The van der Waals surface area contributed by atoms with Crippen molar-refractivity contribution >= 4 is 23.5 Å². The van der Waals surface area contributed by atoms with Crippen molar-refractivity contribution < 1.29 is 0 Å². The monoisotopic (exact) mass is 500 g/mol. The van der Waals surface area contributed by atoms with Crippen LogP contribution in [-0.4, -0.2) is 16.1 Å². The van der Waals surface area contributed by atoms with E-state index >= 15 is 0 Å². The Bertz CT molecular complexity index is 864. The average molecular weight is 501 g/mol. The first-order valence-corrected chi connectivity index (χ1v) is 16.9. The Kier molecular flexibility index (Phi) is 5.63. The molecule has 0 spiro atoms. The summed E-state index contributed by atoms with van der Waals surface area (Å²) in [6.45, 7) is 18.7. The first-order valence-electron chi connectivity index (χ1n) is 14.8. The van der Waals surface area contributed by atoms with E-state index in [2.05, 4.69) is 78.1 Å². The molecular weight excluding hydrogens is 448 g/mol. The maximum Gasteiger partial charge on any atom is 0.0564 e. The fraction of sp³-hybridized carbons (Fsp3) is 0.938. The summed E-state index contributed by atoms with van der Waals surface area (Å²) < 4.78 is 0.858. The van der Waals surface area contributed by atoms with Gasteiger partial charge in [0.05, 0.1) is 4.58 Å². The molecule has 192 valence electrons. The van der Waals surface area contributed by atoms with Crippen molar-refractivity contribution in [1.29, 1.82) is 0 Å². The molecule has 5 fully saturated rings. The lowest BCUT2D eigenvalue weighted by Gasteiger charge is -2.71. The van der Waals surface area contributed by atoms with Crippen LogP contribution in [0, 0.1) is 50.2 Å². The molecular formula is C32H52S2. The highest BCUT2D eigenvalue weighted by atomic mass is 32.2. The van der Waals surface area contributed by atoms with Crippen molar-refractivity contribution in [2.24, 2.45) is 50.2 Å². The molecule has 34 heavy (non-hydrogen) atoms. The lowest BCUT2D eigenvalue weighted by atomic mass is 9.34. The van der Waals surface area contributed by atoms with E-state index in [1.165, 1.54) is 82.1 Å². The predicted octanol–water partition coefficient (Wildman–Crippen LogP) is 9.98. The molecule has 0 bridgehead atoms. The van der Waals surface area contributed by atoms with Gasteiger partial charge in [-0.25, -0.2) is 0 Å². The third-order valence-corrected chi connectivity index (χ3v) is 17.0. The fourth-order valence-corrected chi connectivity index (χ4v) is 15.1. The molecule has 0 aromatic heterocycles. The number of rotatable bonds is 1. The van der Waals surface area contributed by atoms with Crippen molar-refractivity contribution in [3.8, 4) is 0 Å². The van der Waals surface area contributed by atoms with E-state index in [-0.39, 0.29) is 0 Å². The molecule has 4 saturated carbocycles. The lowest BCUT2D eigenvalue weighted by molar-refractivity contribution is -0.179. The molecule has 0 aromatic carbocycles. The molecule has 7 atom stereocenters. The van der Waals surface area contributed by atoms with Gasteiger partial charge in [0.25, 0.3) is 0 Å². The van der Waals surface area contributed by atoms with E-state index in [4.69, 9.17) is 0 Å². The van der Waals surface area contributed by atoms with Crippen molar-refractivity contribution in [2.75, 3.05) is 11.5 Å². The molecule has 0 nitrogen and oxygen atoms in total. The van der Waals surface area contributed by atoms with Gasteiger partial charge < -0.3 is 0 Å². The van der Waals surface area contributed by atoms with Crippen LogP contribution in [0.3, 0.4) is 0 Å². The van der Waals surface area contributed by atoms with Crippen LogP contribution in [-0.2, 0) is 0 Å². The molecule has 6 rings (SSSR count). The normalized spacial score (nSPS) is 52.1. The van der Waals surface area contributed by atoms with Crippen LogP contribution in [0.15, 0.2) is 11.6 Å². The van der Waals surface area contributed by atoms with Crippen LogP contribution in [0.5, 0.6) is 0 Å². The van der Waals surface area contributed by atoms with Gasteiger partial charge in [-0.05, 0) is 114 Å². The largest absolute Gasteiger partial charge is 0.146 e. The third-order valence-electron chi connectivity index (χ3n) is 13.5. The summed E-state index contributed by atoms with van der Waals surface area (Å²) in [7, 11) is 0. The topological polar surface area (TPSA) is 0 Å². The molecule has 0 aromatic rings. The Labute approximate surface area is 220 Å².